The number of nitrogens with one attached hydrogen (secondary N) is 1. The molecule has 0 spiro atoms. The monoisotopic (exact) mass is 488 g/mol. The second-order valence-electron chi connectivity index (χ2n) is 7.96. The van der Waals surface area contributed by atoms with Gasteiger partial charge in [0.1, 0.15) is 5.75 Å². The van der Waals surface area contributed by atoms with Crippen molar-refractivity contribution in [3.05, 3.63) is 77.4 Å². The van der Waals surface area contributed by atoms with Gasteiger partial charge >= 0.3 is 0 Å². The van der Waals surface area contributed by atoms with E-state index >= 15 is 0 Å². The zero-order chi connectivity index (χ0) is 25.7. The lowest BCUT2D eigenvalue weighted by Gasteiger charge is -2.14. The quantitative estimate of drug-likeness (QED) is 0.366. The number of benzene rings is 3. The molecule has 0 fully saturated rings. The highest BCUT2D eigenvalue weighted by Gasteiger charge is 2.22. The fourth-order valence-electron chi connectivity index (χ4n) is 3.64. The minimum atomic E-state index is -0.405. The molecule has 1 N–H and O–H groups in total. The van der Waals surface area contributed by atoms with Crippen LogP contribution in [0.25, 0.3) is 11.4 Å². The van der Waals surface area contributed by atoms with Crippen molar-refractivity contribution in [1.82, 2.24) is 14.8 Å². The van der Waals surface area contributed by atoms with E-state index in [0.717, 1.165) is 22.4 Å². The van der Waals surface area contributed by atoms with E-state index in [1.807, 2.05) is 55.5 Å². The number of aryl methyl sites for hydroxylation is 1. The Hall–Kier alpha value is -4.53. The number of hydrogen-bond acceptors (Lipinski definition) is 8. The summed E-state index contributed by atoms with van der Waals surface area (Å²) in [6.07, 6.45) is 0. The van der Waals surface area contributed by atoms with E-state index in [4.69, 9.17) is 18.9 Å². The predicted octanol–water partition coefficient (Wildman–Crippen LogP) is 4.59. The zero-order valence-electron chi connectivity index (χ0n) is 20.9. The van der Waals surface area contributed by atoms with Crippen LogP contribution in [0, 0.1) is 6.92 Å². The molecule has 0 aliphatic heterocycles. The summed E-state index contributed by atoms with van der Waals surface area (Å²) in [4.78, 5) is 18.3. The molecule has 0 radical (unpaired) electrons. The van der Waals surface area contributed by atoms with Gasteiger partial charge in [0.15, 0.2) is 17.3 Å². The summed E-state index contributed by atoms with van der Waals surface area (Å²) in [7, 11) is 6.13. The molecule has 3 aromatic carbocycles. The van der Waals surface area contributed by atoms with E-state index in [-0.39, 0.29) is 0 Å². The number of ether oxygens (including phenoxy) is 4. The first-order valence-corrected chi connectivity index (χ1v) is 11.2. The predicted molar refractivity (Wildman–Crippen MR) is 136 cm³/mol. The lowest BCUT2D eigenvalue weighted by atomic mass is 10.1. The molecule has 0 saturated carbocycles. The van der Waals surface area contributed by atoms with Crippen molar-refractivity contribution in [3.63, 3.8) is 0 Å². The van der Waals surface area contributed by atoms with Gasteiger partial charge in [-0.15, -0.1) is 5.10 Å². The molecule has 0 saturated heterocycles. The van der Waals surface area contributed by atoms with E-state index < -0.39 is 5.91 Å². The molecule has 9 heteroatoms. The Balaban J connectivity index is 1.73. The topological polar surface area (TPSA) is 96.7 Å². The molecule has 0 aliphatic carbocycles. The van der Waals surface area contributed by atoms with Crippen molar-refractivity contribution < 1.29 is 23.7 Å². The smallest absolute Gasteiger partial charge is 0.281 e. The van der Waals surface area contributed by atoms with Crippen LogP contribution in [0.15, 0.2) is 60.7 Å². The van der Waals surface area contributed by atoms with Gasteiger partial charge in [-0.3, -0.25) is 4.79 Å². The van der Waals surface area contributed by atoms with E-state index in [0.29, 0.717) is 41.1 Å². The number of carbonyl (C=O) groups is 1. The molecular formula is C27H28N4O5. The van der Waals surface area contributed by atoms with Gasteiger partial charge < -0.3 is 24.3 Å². The molecule has 0 aliphatic rings. The fourth-order valence-corrected chi connectivity index (χ4v) is 3.64. The summed E-state index contributed by atoms with van der Waals surface area (Å²) in [5, 5.41) is 7.78. The number of methoxy groups -OCH3 is 4. The number of rotatable bonds is 9. The highest BCUT2D eigenvalue weighted by Crippen LogP contribution is 2.38. The van der Waals surface area contributed by atoms with E-state index in [1.54, 1.807) is 19.2 Å². The number of nitrogens with zero attached hydrogens (tertiary/aromatic N) is 3. The lowest BCUT2D eigenvalue weighted by Crippen LogP contribution is -2.18. The Morgan fingerprint density at radius 1 is 0.861 bits per heavy atom. The van der Waals surface area contributed by atoms with Crippen molar-refractivity contribution in [2.45, 2.75) is 13.5 Å². The minimum Gasteiger partial charge on any atom is -0.497 e. The SMILES string of the molecule is COc1ccc(CNc2nc(-c3ccc(C)cc3)nn2C(=O)c2cc(OC)c(OC)c(OC)c2)cc1. The summed E-state index contributed by atoms with van der Waals surface area (Å²) >= 11 is 0. The average molecular weight is 489 g/mol. The molecule has 4 aromatic rings. The number of carbonyl (C=O) groups excluding carboxylic acids is 1. The molecule has 186 valence electrons. The molecule has 1 aromatic heterocycles. The van der Waals surface area contributed by atoms with Crippen LogP contribution in [0.5, 0.6) is 23.0 Å². The Morgan fingerprint density at radius 3 is 2.06 bits per heavy atom. The Bertz CT molecular complexity index is 1320. The van der Waals surface area contributed by atoms with Gasteiger partial charge in [0.2, 0.25) is 11.7 Å². The standard InChI is InChI=1S/C27H28N4O5/c1-17-6-10-19(11-7-17)25-29-27(28-16-18-8-12-21(33-2)13-9-18)31(30-25)26(32)20-14-22(34-3)24(36-5)23(15-20)35-4/h6-15H,16H2,1-5H3,(H,28,29,30). The Kier molecular flexibility index (Phi) is 7.39. The normalized spacial score (nSPS) is 10.6. The summed E-state index contributed by atoms with van der Waals surface area (Å²) in [5.41, 5.74) is 3.20. The van der Waals surface area contributed by atoms with Gasteiger partial charge in [0.05, 0.1) is 28.4 Å². The maximum absolute atomic E-state index is 13.6. The maximum atomic E-state index is 13.6. The number of anilines is 1. The lowest BCUT2D eigenvalue weighted by molar-refractivity contribution is 0.0946. The van der Waals surface area contributed by atoms with Gasteiger partial charge in [-0.2, -0.15) is 9.67 Å². The summed E-state index contributed by atoms with van der Waals surface area (Å²) in [5.74, 6) is 2.22. The second-order valence-corrected chi connectivity index (χ2v) is 7.96. The van der Waals surface area contributed by atoms with Crippen LogP contribution >= 0.6 is 0 Å². The molecule has 36 heavy (non-hydrogen) atoms. The molecule has 0 amide bonds. The molecule has 9 nitrogen and oxygen atoms in total. The van der Waals surface area contributed by atoms with E-state index in [2.05, 4.69) is 15.4 Å². The van der Waals surface area contributed by atoms with Gasteiger partial charge in [-0.05, 0) is 36.8 Å². The molecular weight excluding hydrogens is 460 g/mol. The molecule has 4 rings (SSSR count). The third-order valence-corrected chi connectivity index (χ3v) is 5.63. The first-order chi connectivity index (χ1) is 17.5. The van der Waals surface area contributed by atoms with Crippen LogP contribution in [-0.2, 0) is 6.54 Å². The van der Waals surface area contributed by atoms with Crippen LogP contribution in [0.1, 0.15) is 21.5 Å². The van der Waals surface area contributed by atoms with Crippen LogP contribution in [0.2, 0.25) is 0 Å². The van der Waals surface area contributed by atoms with Crippen LogP contribution < -0.4 is 24.3 Å². The zero-order valence-corrected chi connectivity index (χ0v) is 20.9. The highest BCUT2D eigenvalue weighted by molar-refractivity contribution is 5.98. The number of aromatic nitrogens is 3. The minimum absolute atomic E-state index is 0.303. The second kappa shape index (κ2) is 10.8. The van der Waals surface area contributed by atoms with Crippen LogP contribution in [0.3, 0.4) is 0 Å². The fraction of sp³-hybridized carbons (Fsp3) is 0.222. The molecule has 0 bridgehead atoms. The first kappa shape index (κ1) is 24.6. The molecule has 0 atom stereocenters. The van der Waals surface area contributed by atoms with Gasteiger partial charge in [0, 0.05) is 17.7 Å². The van der Waals surface area contributed by atoms with Gasteiger partial charge in [0.25, 0.3) is 5.91 Å². The van der Waals surface area contributed by atoms with Crippen molar-refractivity contribution in [1.29, 1.82) is 0 Å². The van der Waals surface area contributed by atoms with Crippen molar-refractivity contribution in [2.24, 2.45) is 0 Å². The van der Waals surface area contributed by atoms with Gasteiger partial charge in [-0.1, -0.05) is 42.0 Å². The first-order valence-electron chi connectivity index (χ1n) is 11.2. The third kappa shape index (κ3) is 5.10. The number of hydrogen-bond donors (Lipinski definition) is 1. The third-order valence-electron chi connectivity index (χ3n) is 5.63. The van der Waals surface area contributed by atoms with Crippen LogP contribution in [-0.4, -0.2) is 49.1 Å². The van der Waals surface area contributed by atoms with Crippen molar-refractivity contribution in [2.75, 3.05) is 33.8 Å². The molecule has 1 heterocycles. The maximum Gasteiger partial charge on any atom is 0.281 e. The Morgan fingerprint density at radius 2 is 1.50 bits per heavy atom. The summed E-state index contributed by atoms with van der Waals surface area (Å²) < 4.78 is 22.7. The average Bonchev–Trinajstić information content (AvgIpc) is 3.35. The molecule has 0 unspecified atom stereocenters. The van der Waals surface area contributed by atoms with E-state index in [1.165, 1.54) is 26.0 Å². The van der Waals surface area contributed by atoms with Crippen LogP contribution in [0.4, 0.5) is 5.95 Å². The summed E-state index contributed by atoms with van der Waals surface area (Å²) in [6.45, 7) is 2.43. The largest absolute Gasteiger partial charge is 0.497 e. The Labute approximate surface area is 209 Å². The van der Waals surface area contributed by atoms with E-state index in [9.17, 15) is 4.79 Å². The summed E-state index contributed by atoms with van der Waals surface area (Å²) in [6, 6.07) is 18.6. The van der Waals surface area contributed by atoms with Gasteiger partial charge in [-0.25, -0.2) is 0 Å². The van der Waals surface area contributed by atoms with Crippen molar-refractivity contribution in [3.8, 4) is 34.4 Å². The van der Waals surface area contributed by atoms with Crippen molar-refractivity contribution >= 4 is 11.9 Å². The highest BCUT2D eigenvalue weighted by atomic mass is 16.5.